The minimum absolute atomic E-state index is 0.00714. The maximum atomic E-state index is 8.76. The van der Waals surface area contributed by atoms with Crippen molar-refractivity contribution in [1.82, 2.24) is 0 Å². The number of benzene rings is 1. The molecule has 0 atom stereocenters. The highest BCUT2D eigenvalue weighted by Crippen LogP contribution is 2.30. The summed E-state index contributed by atoms with van der Waals surface area (Å²) in [6, 6.07) is 5.69. The van der Waals surface area contributed by atoms with Gasteiger partial charge in [0.15, 0.2) is 11.5 Å². The monoisotopic (exact) mass is 239 g/mol. The molecule has 1 rings (SSSR count). The van der Waals surface area contributed by atoms with E-state index < -0.39 is 0 Å². The molecule has 2 N–H and O–H groups in total. The zero-order valence-corrected chi connectivity index (χ0v) is 10.7. The van der Waals surface area contributed by atoms with E-state index in [1.165, 1.54) is 0 Å². The van der Waals surface area contributed by atoms with Crippen molar-refractivity contribution in [3.63, 3.8) is 0 Å². The first kappa shape index (κ1) is 13.6. The van der Waals surface area contributed by atoms with Gasteiger partial charge in [0.05, 0.1) is 13.7 Å². The van der Waals surface area contributed by atoms with Crippen molar-refractivity contribution in [1.29, 1.82) is 0 Å². The summed E-state index contributed by atoms with van der Waals surface area (Å²) in [6.45, 7) is 5.47. The molecule has 4 nitrogen and oxygen atoms in total. The van der Waals surface area contributed by atoms with Crippen molar-refractivity contribution in [3.05, 3.63) is 18.2 Å². The lowest BCUT2D eigenvalue weighted by Gasteiger charge is -2.13. The van der Waals surface area contributed by atoms with Gasteiger partial charge in [0, 0.05) is 18.3 Å². The summed E-state index contributed by atoms with van der Waals surface area (Å²) in [5.74, 6) is 1.91. The summed E-state index contributed by atoms with van der Waals surface area (Å²) in [5, 5.41) is 12.1. The predicted molar refractivity (Wildman–Crippen MR) is 68.9 cm³/mol. The van der Waals surface area contributed by atoms with Gasteiger partial charge in [-0.1, -0.05) is 13.8 Å². The molecular formula is C13H21NO3. The van der Waals surface area contributed by atoms with Crippen LogP contribution in [0.15, 0.2) is 18.2 Å². The highest BCUT2D eigenvalue weighted by Gasteiger charge is 2.05. The van der Waals surface area contributed by atoms with Crippen molar-refractivity contribution < 1.29 is 14.6 Å². The van der Waals surface area contributed by atoms with Gasteiger partial charge in [-0.15, -0.1) is 0 Å². The Morgan fingerprint density at radius 2 is 2.06 bits per heavy atom. The van der Waals surface area contributed by atoms with Crippen molar-refractivity contribution in [2.75, 3.05) is 32.2 Å². The summed E-state index contributed by atoms with van der Waals surface area (Å²) < 4.78 is 10.6. The predicted octanol–water partition coefficient (Wildman–Crippen LogP) is 2.13. The van der Waals surface area contributed by atoms with Gasteiger partial charge in [0.1, 0.15) is 6.61 Å². The second kappa shape index (κ2) is 7.01. The molecule has 0 spiro atoms. The number of hydrogen-bond acceptors (Lipinski definition) is 4. The minimum Gasteiger partial charge on any atom is -0.493 e. The molecule has 96 valence electrons. The van der Waals surface area contributed by atoms with E-state index in [1.54, 1.807) is 7.11 Å². The average molecular weight is 239 g/mol. The van der Waals surface area contributed by atoms with E-state index in [1.807, 2.05) is 18.2 Å². The van der Waals surface area contributed by atoms with E-state index >= 15 is 0 Å². The highest BCUT2D eigenvalue weighted by atomic mass is 16.5. The lowest BCUT2D eigenvalue weighted by atomic mass is 10.2. The molecule has 0 heterocycles. The lowest BCUT2D eigenvalue weighted by Crippen LogP contribution is -2.08. The molecule has 1 aromatic carbocycles. The third kappa shape index (κ3) is 4.53. The van der Waals surface area contributed by atoms with Crippen LogP contribution in [0.3, 0.4) is 0 Å². The fraction of sp³-hybridized carbons (Fsp3) is 0.538. The molecule has 0 saturated heterocycles. The lowest BCUT2D eigenvalue weighted by molar-refractivity contribution is 0.196. The largest absolute Gasteiger partial charge is 0.493 e. The van der Waals surface area contributed by atoms with Gasteiger partial charge in [-0.05, 0) is 18.1 Å². The molecule has 0 amide bonds. The first-order chi connectivity index (χ1) is 8.17. The van der Waals surface area contributed by atoms with Gasteiger partial charge in [0.2, 0.25) is 0 Å². The van der Waals surface area contributed by atoms with Crippen LogP contribution in [0.1, 0.15) is 13.8 Å². The Kier molecular flexibility index (Phi) is 5.63. The number of methoxy groups -OCH3 is 1. The SMILES string of the molecule is COc1ccc(NCC(C)C)cc1OCCO. The van der Waals surface area contributed by atoms with Crippen LogP contribution in [0.25, 0.3) is 0 Å². The van der Waals surface area contributed by atoms with Crippen molar-refractivity contribution in [2.24, 2.45) is 5.92 Å². The first-order valence-electron chi connectivity index (χ1n) is 5.83. The molecule has 0 aliphatic heterocycles. The molecule has 1 aromatic rings. The van der Waals surface area contributed by atoms with Gasteiger partial charge in [0.25, 0.3) is 0 Å². The quantitative estimate of drug-likeness (QED) is 0.765. The number of aliphatic hydroxyl groups is 1. The van der Waals surface area contributed by atoms with Crippen molar-refractivity contribution in [2.45, 2.75) is 13.8 Å². The number of nitrogens with one attached hydrogen (secondary N) is 1. The van der Waals surface area contributed by atoms with Crippen molar-refractivity contribution >= 4 is 5.69 Å². The standard InChI is InChI=1S/C13H21NO3/c1-10(2)9-14-11-4-5-12(16-3)13(8-11)17-7-6-15/h4-5,8,10,14-15H,6-7,9H2,1-3H3. The molecule has 0 radical (unpaired) electrons. The zero-order valence-electron chi connectivity index (χ0n) is 10.7. The Labute approximate surface area is 103 Å². The van der Waals surface area contributed by atoms with Crippen molar-refractivity contribution in [3.8, 4) is 11.5 Å². The Bertz CT molecular complexity index is 339. The summed E-state index contributed by atoms with van der Waals surface area (Å²) in [6.07, 6.45) is 0. The molecule has 17 heavy (non-hydrogen) atoms. The maximum Gasteiger partial charge on any atom is 0.163 e. The normalized spacial score (nSPS) is 10.4. The molecule has 0 fully saturated rings. The van der Waals surface area contributed by atoms with Crippen LogP contribution in [0.4, 0.5) is 5.69 Å². The van der Waals surface area contributed by atoms with E-state index in [0.29, 0.717) is 17.4 Å². The van der Waals surface area contributed by atoms with Gasteiger partial charge in [-0.25, -0.2) is 0 Å². The summed E-state index contributed by atoms with van der Waals surface area (Å²) in [5.41, 5.74) is 0.993. The summed E-state index contributed by atoms with van der Waals surface area (Å²) in [7, 11) is 1.60. The van der Waals surface area contributed by atoms with E-state index in [2.05, 4.69) is 19.2 Å². The highest BCUT2D eigenvalue weighted by molar-refractivity contribution is 5.54. The third-order valence-corrected chi connectivity index (χ3v) is 2.23. The molecule has 0 aliphatic rings. The molecule has 0 aromatic heterocycles. The molecule has 0 aliphatic carbocycles. The van der Waals surface area contributed by atoms with Crippen LogP contribution < -0.4 is 14.8 Å². The zero-order chi connectivity index (χ0) is 12.7. The van der Waals surface area contributed by atoms with Crippen LogP contribution in [0, 0.1) is 5.92 Å². The second-order valence-corrected chi connectivity index (χ2v) is 4.21. The van der Waals surface area contributed by atoms with E-state index in [0.717, 1.165) is 12.2 Å². The Hall–Kier alpha value is -1.42. The Balaban J connectivity index is 2.73. The van der Waals surface area contributed by atoms with E-state index in [9.17, 15) is 0 Å². The third-order valence-electron chi connectivity index (χ3n) is 2.23. The Morgan fingerprint density at radius 3 is 2.65 bits per heavy atom. The number of anilines is 1. The number of hydrogen-bond donors (Lipinski definition) is 2. The fourth-order valence-electron chi connectivity index (χ4n) is 1.38. The smallest absolute Gasteiger partial charge is 0.163 e. The first-order valence-corrected chi connectivity index (χ1v) is 5.83. The van der Waals surface area contributed by atoms with Gasteiger partial charge in [-0.2, -0.15) is 0 Å². The fourth-order valence-corrected chi connectivity index (χ4v) is 1.38. The summed E-state index contributed by atoms with van der Waals surface area (Å²) >= 11 is 0. The van der Waals surface area contributed by atoms with E-state index in [4.69, 9.17) is 14.6 Å². The van der Waals surface area contributed by atoms with Crippen LogP contribution in [0.5, 0.6) is 11.5 Å². The summed E-state index contributed by atoms with van der Waals surface area (Å²) in [4.78, 5) is 0. The molecule has 0 saturated carbocycles. The molecule has 4 heteroatoms. The van der Waals surface area contributed by atoms with Crippen LogP contribution in [-0.2, 0) is 0 Å². The number of rotatable bonds is 7. The number of aliphatic hydroxyl groups excluding tert-OH is 1. The molecular weight excluding hydrogens is 218 g/mol. The number of ether oxygens (including phenoxy) is 2. The molecule has 0 bridgehead atoms. The maximum absolute atomic E-state index is 8.76. The van der Waals surface area contributed by atoms with Gasteiger partial charge in [-0.3, -0.25) is 0 Å². The Morgan fingerprint density at radius 1 is 1.29 bits per heavy atom. The van der Waals surface area contributed by atoms with Crippen LogP contribution >= 0.6 is 0 Å². The van der Waals surface area contributed by atoms with Gasteiger partial charge >= 0.3 is 0 Å². The van der Waals surface area contributed by atoms with E-state index in [-0.39, 0.29) is 13.2 Å². The molecule has 0 unspecified atom stereocenters. The second-order valence-electron chi connectivity index (χ2n) is 4.21. The van der Waals surface area contributed by atoms with Crippen LogP contribution in [0.2, 0.25) is 0 Å². The average Bonchev–Trinajstić information content (AvgIpc) is 2.33. The topological polar surface area (TPSA) is 50.7 Å². The van der Waals surface area contributed by atoms with Gasteiger partial charge < -0.3 is 19.9 Å². The van der Waals surface area contributed by atoms with Crippen LogP contribution in [-0.4, -0.2) is 32.0 Å². The minimum atomic E-state index is -0.00714.